The lowest BCUT2D eigenvalue weighted by molar-refractivity contribution is 0.0985. The van der Waals surface area contributed by atoms with Crippen LogP contribution in [0.25, 0.3) is 11.3 Å². The number of fused-ring (bicyclic) bond motifs is 1. The average Bonchev–Trinajstić information content (AvgIpc) is 2.72. The molecule has 0 spiro atoms. The van der Waals surface area contributed by atoms with Crippen molar-refractivity contribution in [2.45, 2.75) is 0 Å². The molecule has 1 heterocycles. The summed E-state index contributed by atoms with van der Waals surface area (Å²) < 4.78 is 5.15. The second-order valence-electron chi connectivity index (χ2n) is 6.09. The Hall–Kier alpha value is -3.73. The molecule has 0 fully saturated rings. The molecule has 0 atom stereocenters. The van der Waals surface area contributed by atoms with Gasteiger partial charge in [-0.05, 0) is 42.5 Å². The van der Waals surface area contributed by atoms with Crippen molar-refractivity contribution in [3.8, 4) is 17.0 Å². The zero-order valence-electron chi connectivity index (χ0n) is 14.6. The fourth-order valence-corrected chi connectivity index (χ4v) is 2.95. The Labute approximate surface area is 156 Å². The van der Waals surface area contributed by atoms with E-state index in [1.165, 1.54) is 12.3 Å². The molecule has 0 saturated carbocycles. The first-order valence-corrected chi connectivity index (χ1v) is 8.43. The number of hydrogen-bond acceptors (Lipinski definition) is 5. The van der Waals surface area contributed by atoms with Crippen LogP contribution in [0.15, 0.2) is 78.6 Å². The predicted molar refractivity (Wildman–Crippen MR) is 103 cm³/mol. The van der Waals surface area contributed by atoms with Gasteiger partial charge in [0.1, 0.15) is 5.75 Å². The maximum Gasteiger partial charge on any atom is 0.211 e. The van der Waals surface area contributed by atoms with Gasteiger partial charge in [-0.1, -0.05) is 18.2 Å². The van der Waals surface area contributed by atoms with Crippen LogP contribution in [0, 0.1) is 0 Å². The number of pyridine rings is 1. The van der Waals surface area contributed by atoms with Gasteiger partial charge in [0.25, 0.3) is 0 Å². The lowest BCUT2D eigenvalue weighted by atomic mass is 9.92. The van der Waals surface area contributed by atoms with E-state index in [2.05, 4.69) is 10.3 Å². The van der Waals surface area contributed by atoms with Crippen molar-refractivity contribution in [2.75, 3.05) is 12.4 Å². The van der Waals surface area contributed by atoms with Crippen molar-refractivity contribution >= 4 is 17.3 Å². The molecule has 5 nitrogen and oxygen atoms in total. The standard InChI is InChI=1S/C22H16N2O3/c1-27-16-9-7-14(8-10-16)19-11-17-18(13-23-19)22(26)20(12-21(17)25)24-15-5-3-2-4-6-15/h2-13,24H,1H3. The van der Waals surface area contributed by atoms with Crippen molar-refractivity contribution in [1.82, 2.24) is 4.98 Å². The molecule has 1 aliphatic rings. The van der Waals surface area contributed by atoms with E-state index in [1.54, 1.807) is 13.2 Å². The van der Waals surface area contributed by atoms with Crippen LogP contribution < -0.4 is 10.1 Å². The molecule has 2 aromatic carbocycles. The van der Waals surface area contributed by atoms with E-state index in [0.717, 1.165) is 17.0 Å². The normalized spacial score (nSPS) is 13.0. The van der Waals surface area contributed by atoms with Crippen LogP contribution in [0.1, 0.15) is 20.7 Å². The van der Waals surface area contributed by atoms with Gasteiger partial charge in [0.15, 0.2) is 5.78 Å². The Morgan fingerprint density at radius 3 is 2.37 bits per heavy atom. The predicted octanol–water partition coefficient (Wildman–Crippen LogP) is 4.13. The lowest BCUT2D eigenvalue weighted by Gasteiger charge is -2.17. The Balaban J connectivity index is 1.66. The van der Waals surface area contributed by atoms with Crippen molar-refractivity contribution in [3.05, 3.63) is 89.8 Å². The molecule has 0 amide bonds. The number of hydrogen-bond donors (Lipinski definition) is 1. The van der Waals surface area contributed by atoms with Crippen LogP contribution in [0.4, 0.5) is 5.69 Å². The van der Waals surface area contributed by atoms with Gasteiger partial charge < -0.3 is 10.1 Å². The topological polar surface area (TPSA) is 68.3 Å². The first kappa shape index (κ1) is 16.7. The summed E-state index contributed by atoms with van der Waals surface area (Å²) in [6, 6.07) is 18.3. The molecule has 3 aromatic rings. The summed E-state index contributed by atoms with van der Waals surface area (Å²) in [4.78, 5) is 29.7. The molecule has 0 saturated heterocycles. The van der Waals surface area contributed by atoms with Crippen LogP contribution in [-0.2, 0) is 0 Å². The Morgan fingerprint density at radius 1 is 0.926 bits per heavy atom. The summed E-state index contributed by atoms with van der Waals surface area (Å²) in [5.74, 6) is 0.268. The number of benzene rings is 2. The smallest absolute Gasteiger partial charge is 0.211 e. The Kier molecular flexibility index (Phi) is 4.26. The summed E-state index contributed by atoms with van der Waals surface area (Å²) in [6.45, 7) is 0. The SMILES string of the molecule is COc1ccc(-c2cc3c(cn2)C(=O)C(Nc2ccccc2)=CC3=O)cc1. The monoisotopic (exact) mass is 356 g/mol. The van der Waals surface area contributed by atoms with E-state index in [0.29, 0.717) is 16.8 Å². The molecule has 0 radical (unpaired) electrons. The fraction of sp³-hybridized carbons (Fsp3) is 0.0455. The van der Waals surface area contributed by atoms with Gasteiger partial charge in [-0.2, -0.15) is 0 Å². The van der Waals surface area contributed by atoms with Crippen LogP contribution >= 0.6 is 0 Å². The number of rotatable bonds is 4. The third-order valence-electron chi connectivity index (χ3n) is 4.37. The second-order valence-corrected chi connectivity index (χ2v) is 6.09. The van der Waals surface area contributed by atoms with Gasteiger partial charge in [-0.3, -0.25) is 14.6 Å². The van der Waals surface area contributed by atoms with Crippen LogP contribution in [0.2, 0.25) is 0 Å². The van der Waals surface area contributed by atoms with Gasteiger partial charge in [-0.15, -0.1) is 0 Å². The summed E-state index contributed by atoms with van der Waals surface area (Å²) in [5.41, 5.74) is 3.13. The molecule has 4 rings (SSSR count). The summed E-state index contributed by atoms with van der Waals surface area (Å²) in [7, 11) is 1.60. The zero-order valence-corrected chi connectivity index (χ0v) is 14.6. The number of ether oxygens (including phenoxy) is 1. The van der Waals surface area contributed by atoms with Gasteiger partial charge in [0.05, 0.1) is 24.1 Å². The minimum Gasteiger partial charge on any atom is -0.497 e. The summed E-state index contributed by atoms with van der Waals surface area (Å²) >= 11 is 0. The number of para-hydroxylation sites is 1. The number of anilines is 1. The maximum absolute atomic E-state index is 12.8. The molecule has 0 aliphatic heterocycles. The molecule has 5 heteroatoms. The van der Waals surface area contributed by atoms with Crippen LogP contribution in [-0.4, -0.2) is 23.7 Å². The molecule has 1 aliphatic carbocycles. The van der Waals surface area contributed by atoms with Crippen molar-refractivity contribution in [3.63, 3.8) is 0 Å². The van der Waals surface area contributed by atoms with Gasteiger partial charge >= 0.3 is 0 Å². The van der Waals surface area contributed by atoms with E-state index in [9.17, 15) is 9.59 Å². The number of carbonyl (C=O) groups is 2. The van der Waals surface area contributed by atoms with E-state index < -0.39 is 0 Å². The highest BCUT2D eigenvalue weighted by Gasteiger charge is 2.26. The molecule has 132 valence electrons. The minimum absolute atomic E-state index is 0.222. The second kappa shape index (κ2) is 6.88. The third kappa shape index (κ3) is 3.22. The van der Waals surface area contributed by atoms with Crippen LogP contribution in [0.3, 0.4) is 0 Å². The molecule has 1 aromatic heterocycles. The number of ketones is 2. The van der Waals surface area contributed by atoms with Gasteiger partial charge in [-0.25, -0.2) is 0 Å². The molecule has 0 bridgehead atoms. The largest absolute Gasteiger partial charge is 0.497 e. The molecular weight excluding hydrogens is 340 g/mol. The van der Waals surface area contributed by atoms with E-state index in [4.69, 9.17) is 4.74 Å². The molecular formula is C22H16N2O3. The number of methoxy groups -OCH3 is 1. The van der Waals surface area contributed by atoms with E-state index >= 15 is 0 Å². The summed E-state index contributed by atoms with van der Waals surface area (Å²) in [5, 5.41) is 3.01. The molecule has 0 unspecified atom stereocenters. The number of allylic oxidation sites excluding steroid dienone is 2. The van der Waals surface area contributed by atoms with Crippen LogP contribution in [0.5, 0.6) is 5.75 Å². The first-order chi connectivity index (χ1) is 13.2. The number of carbonyl (C=O) groups excluding carboxylic acids is 2. The third-order valence-corrected chi connectivity index (χ3v) is 4.37. The number of Topliss-reactive ketones (excluding diaryl/α,β-unsaturated/α-hetero) is 1. The highest BCUT2D eigenvalue weighted by atomic mass is 16.5. The minimum atomic E-state index is -0.248. The van der Waals surface area contributed by atoms with Crippen molar-refractivity contribution in [2.24, 2.45) is 0 Å². The zero-order chi connectivity index (χ0) is 18.8. The lowest BCUT2D eigenvalue weighted by Crippen LogP contribution is -2.22. The number of nitrogens with one attached hydrogen (secondary N) is 1. The van der Waals surface area contributed by atoms with E-state index in [-0.39, 0.29) is 17.3 Å². The van der Waals surface area contributed by atoms with Gasteiger partial charge in [0, 0.05) is 29.1 Å². The highest BCUT2D eigenvalue weighted by Crippen LogP contribution is 2.27. The summed E-state index contributed by atoms with van der Waals surface area (Å²) in [6.07, 6.45) is 2.81. The van der Waals surface area contributed by atoms with Gasteiger partial charge in [0.2, 0.25) is 5.78 Å². The molecule has 1 N–H and O–H groups in total. The van der Waals surface area contributed by atoms with Crippen molar-refractivity contribution in [1.29, 1.82) is 0 Å². The Bertz CT molecular complexity index is 1050. The quantitative estimate of drug-likeness (QED) is 0.761. The first-order valence-electron chi connectivity index (χ1n) is 8.43. The average molecular weight is 356 g/mol. The number of nitrogens with zero attached hydrogens (tertiary/aromatic N) is 1. The fourth-order valence-electron chi connectivity index (χ4n) is 2.95. The maximum atomic E-state index is 12.8. The van der Waals surface area contributed by atoms with E-state index in [1.807, 2.05) is 54.6 Å². The highest BCUT2D eigenvalue weighted by molar-refractivity contribution is 6.25. The van der Waals surface area contributed by atoms with Crippen molar-refractivity contribution < 1.29 is 14.3 Å². The number of aromatic nitrogens is 1. The molecule has 27 heavy (non-hydrogen) atoms. The Morgan fingerprint density at radius 2 is 1.67 bits per heavy atom.